The molecule has 0 heterocycles. The first-order valence-corrected chi connectivity index (χ1v) is 4.25. The molecule has 1 fully saturated rings. The van der Waals surface area contributed by atoms with Gasteiger partial charge in [-0.2, -0.15) is 26.3 Å². The molecule has 1 aliphatic carbocycles. The Labute approximate surface area is 77.3 Å². The van der Waals surface area contributed by atoms with Crippen molar-refractivity contribution in [2.45, 2.75) is 32.1 Å². The van der Waals surface area contributed by atoms with Crippen LogP contribution in [0, 0.1) is 17.8 Å². The molecule has 2 unspecified atom stereocenters. The second-order valence-corrected chi connectivity index (χ2v) is 3.87. The topological polar surface area (TPSA) is 0 Å². The third-order valence-corrected chi connectivity index (χ3v) is 2.64. The number of rotatable bonds is 0. The molecule has 1 rings (SSSR count). The molecule has 0 spiro atoms. The van der Waals surface area contributed by atoms with Gasteiger partial charge in [0.15, 0.2) is 0 Å². The summed E-state index contributed by atoms with van der Waals surface area (Å²) in [6.45, 7) is 1.42. The van der Waals surface area contributed by atoms with E-state index in [1.54, 1.807) is 0 Å². The molecule has 0 aliphatic heterocycles. The van der Waals surface area contributed by atoms with E-state index >= 15 is 0 Å². The molecule has 0 nitrogen and oxygen atoms in total. The van der Waals surface area contributed by atoms with Crippen LogP contribution >= 0.6 is 0 Å². The highest BCUT2D eigenvalue weighted by molar-refractivity contribution is 4.89. The van der Waals surface area contributed by atoms with Crippen LogP contribution in [0.15, 0.2) is 0 Å². The van der Waals surface area contributed by atoms with Gasteiger partial charge in [0.05, 0.1) is 11.8 Å². The monoisotopic (exact) mass is 220 g/mol. The molecule has 0 aromatic heterocycles. The van der Waals surface area contributed by atoms with E-state index in [2.05, 4.69) is 0 Å². The van der Waals surface area contributed by atoms with Gasteiger partial charge in [-0.25, -0.2) is 0 Å². The van der Waals surface area contributed by atoms with Crippen LogP contribution < -0.4 is 0 Å². The van der Waals surface area contributed by atoms with Crippen molar-refractivity contribution in [3.8, 4) is 0 Å². The molecule has 6 heteroatoms. The summed E-state index contributed by atoms with van der Waals surface area (Å²) in [4.78, 5) is 0. The van der Waals surface area contributed by atoms with E-state index in [0.717, 1.165) is 0 Å². The van der Waals surface area contributed by atoms with E-state index in [9.17, 15) is 26.3 Å². The summed E-state index contributed by atoms with van der Waals surface area (Å²) >= 11 is 0. The van der Waals surface area contributed by atoms with Crippen LogP contribution in [0.1, 0.15) is 19.8 Å². The average Bonchev–Trinajstić information content (AvgIpc) is 2.27. The first kappa shape index (κ1) is 11.7. The van der Waals surface area contributed by atoms with Crippen molar-refractivity contribution in [3.05, 3.63) is 0 Å². The van der Waals surface area contributed by atoms with Crippen LogP contribution in [0.2, 0.25) is 0 Å². The maximum atomic E-state index is 12.2. The summed E-state index contributed by atoms with van der Waals surface area (Å²) in [6, 6.07) is 0. The second kappa shape index (κ2) is 3.31. The molecule has 84 valence electrons. The van der Waals surface area contributed by atoms with E-state index in [4.69, 9.17) is 0 Å². The van der Waals surface area contributed by atoms with Crippen molar-refractivity contribution in [3.63, 3.8) is 0 Å². The van der Waals surface area contributed by atoms with E-state index < -0.39 is 42.9 Å². The highest BCUT2D eigenvalue weighted by atomic mass is 19.4. The van der Waals surface area contributed by atoms with Gasteiger partial charge in [-0.1, -0.05) is 6.92 Å². The van der Waals surface area contributed by atoms with Crippen LogP contribution in [-0.4, -0.2) is 12.4 Å². The number of hydrogen-bond donors (Lipinski definition) is 0. The lowest BCUT2D eigenvalue weighted by atomic mass is 9.95. The fraction of sp³-hybridized carbons (Fsp3) is 1.00. The number of alkyl halides is 6. The first-order chi connectivity index (χ1) is 6.12. The van der Waals surface area contributed by atoms with Crippen molar-refractivity contribution in [2.75, 3.05) is 0 Å². The normalized spacial score (nSPS) is 34.9. The summed E-state index contributed by atoms with van der Waals surface area (Å²) in [7, 11) is 0. The van der Waals surface area contributed by atoms with Gasteiger partial charge < -0.3 is 0 Å². The smallest absolute Gasteiger partial charge is 0.171 e. The molecule has 2 atom stereocenters. The number of hydrogen-bond acceptors (Lipinski definition) is 0. The Balaban J connectivity index is 2.84. The molecule has 0 N–H and O–H groups in total. The standard InChI is InChI=1S/C8H10F6/c1-4-2-5(7(9,10)11)6(3-4)8(12,13)14/h4-6H,2-3H2,1H3. The van der Waals surface area contributed by atoms with Crippen LogP contribution in [-0.2, 0) is 0 Å². The van der Waals surface area contributed by atoms with Crippen molar-refractivity contribution in [1.82, 2.24) is 0 Å². The minimum absolute atomic E-state index is 0.409. The van der Waals surface area contributed by atoms with Gasteiger partial charge in [0.1, 0.15) is 0 Å². The largest absolute Gasteiger partial charge is 0.392 e. The fourth-order valence-corrected chi connectivity index (χ4v) is 2.02. The van der Waals surface area contributed by atoms with Gasteiger partial charge >= 0.3 is 12.4 Å². The Morgan fingerprint density at radius 3 is 1.29 bits per heavy atom. The molecule has 0 saturated heterocycles. The number of halogens is 6. The average molecular weight is 220 g/mol. The highest BCUT2D eigenvalue weighted by Gasteiger charge is 2.58. The van der Waals surface area contributed by atoms with E-state index in [1.165, 1.54) is 6.92 Å². The van der Waals surface area contributed by atoms with Gasteiger partial charge in [-0.3, -0.25) is 0 Å². The highest BCUT2D eigenvalue weighted by Crippen LogP contribution is 2.51. The van der Waals surface area contributed by atoms with Crippen molar-refractivity contribution >= 4 is 0 Å². The fourth-order valence-electron chi connectivity index (χ4n) is 2.02. The molecule has 14 heavy (non-hydrogen) atoms. The quantitative estimate of drug-likeness (QED) is 0.545. The van der Waals surface area contributed by atoms with Gasteiger partial charge in [0, 0.05) is 0 Å². The summed E-state index contributed by atoms with van der Waals surface area (Å²) in [6.07, 6.45) is -10.3. The zero-order valence-corrected chi connectivity index (χ0v) is 7.41. The lowest BCUT2D eigenvalue weighted by Gasteiger charge is -2.24. The van der Waals surface area contributed by atoms with Crippen LogP contribution in [0.3, 0.4) is 0 Å². The van der Waals surface area contributed by atoms with Crippen LogP contribution in [0.4, 0.5) is 26.3 Å². The lowest BCUT2D eigenvalue weighted by molar-refractivity contribution is -0.245. The first-order valence-electron chi connectivity index (χ1n) is 4.25. The minimum Gasteiger partial charge on any atom is -0.171 e. The van der Waals surface area contributed by atoms with Crippen molar-refractivity contribution in [1.29, 1.82) is 0 Å². The summed E-state index contributed by atoms with van der Waals surface area (Å²) in [5, 5.41) is 0. The Kier molecular flexibility index (Phi) is 2.75. The molecule has 0 aromatic rings. The Morgan fingerprint density at radius 2 is 1.07 bits per heavy atom. The van der Waals surface area contributed by atoms with E-state index in [0.29, 0.717) is 0 Å². The van der Waals surface area contributed by atoms with Gasteiger partial charge in [0.25, 0.3) is 0 Å². The third kappa shape index (κ3) is 2.33. The summed E-state index contributed by atoms with van der Waals surface area (Å²) in [5.74, 6) is -4.93. The SMILES string of the molecule is CC1CC(C(F)(F)F)C(C(F)(F)F)C1. The second-order valence-electron chi connectivity index (χ2n) is 3.87. The maximum Gasteiger partial charge on any atom is 0.392 e. The molecule has 0 radical (unpaired) electrons. The summed E-state index contributed by atoms with van der Waals surface area (Å²) in [5.41, 5.74) is 0. The molecular formula is C8H10F6. The van der Waals surface area contributed by atoms with Crippen molar-refractivity contribution < 1.29 is 26.3 Å². The predicted octanol–water partition coefficient (Wildman–Crippen LogP) is 3.77. The Morgan fingerprint density at radius 1 is 0.786 bits per heavy atom. The van der Waals surface area contributed by atoms with Gasteiger partial charge in [-0.05, 0) is 18.8 Å². The minimum atomic E-state index is -4.73. The molecule has 0 amide bonds. The third-order valence-electron chi connectivity index (χ3n) is 2.64. The molecule has 1 aliphatic rings. The predicted molar refractivity (Wildman–Crippen MR) is 37.5 cm³/mol. The lowest BCUT2D eigenvalue weighted by Crippen LogP contribution is -2.35. The van der Waals surface area contributed by atoms with Gasteiger partial charge in [-0.15, -0.1) is 0 Å². The zero-order chi connectivity index (χ0) is 11.1. The Bertz CT molecular complexity index is 181. The molecule has 0 aromatic carbocycles. The van der Waals surface area contributed by atoms with E-state index in [1.807, 2.05) is 0 Å². The van der Waals surface area contributed by atoms with Gasteiger partial charge in [0.2, 0.25) is 0 Å². The molecule has 1 saturated carbocycles. The van der Waals surface area contributed by atoms with Crippen LogP contribution in [0.25, 0.3) is 0 Å². The zero-order valence-electron chi connectivity index (χ0n) is 7.41. The van der Waals surface area contributed by atoms with E-state index in [-0.39, 0.29) is 0 Å². The Hall–Kier alpha value is -0.420. The van der Waals surface area contributed by atoms with Crippen molar-refractivity contribution in [2.24, 2.45) is 17.8 Å². The molecule has 0 bridgehead atoms. The van der Waals surface area contributed by atoms with Crippen LogP contribution in [0.5, 0.6) is 0 Å². The maximum absolute atomic E-state index is 12.2. The summed E-state index contributed by atoms with van der Waals surface area (Å²) < 4.78 is 73.3. The molecular weight excluding hydrogens is 210 g/mol.